The molecular weight excluding hydrogens is 317 g/mol. The highest BCUT2D eigenvalue weighted by atomic mass is 35.5. The molecule has 0 aliphatic rings. The smallest absolute Gasteiger partial charge is 0.139 e. The Bertz CT molecular complexity index is 629. The molecule has 0 aromatic heterocycles. The third-order valence-corrected chi connectivity index (χ3v) is 3.87. The lowest BCUT2D eigenvalue weighted by atomic mass is 10.0. The van der Waals surface area contributed by atoms with Gasteiger partial charge in [0.15, 0.2) is 0 Å². The van der Waals surface area contributed by atoms with E-state index in [1.807, 2.05) is 25.1 Å². The standard InChI is InChI=1S/C15H14Cl3NO/c1-2-20-15-7-13(17)11(6-14(15)18)9-3-4-10(8-19)12(16)5-9/h3-7H,2,8,19H2,1H3. The van der Waals surface area contributed by atoms with Gasteiger partial charge < -0.3 is 10.5 Å². The van der Waals surface area contributed by atoms with Crippen molar-refractivity contribution in [2.24, 2.45) is 5.73 Å². The van der Waals surface area contributed by atoms with E-state index in [1.165, 1.54) is 0 Å². The molecule has 2 nitrogen and oxygen atoms in total. The summed E-state index contributed by atoms with van der Waals surface area (Å²) in [5.41, 5.74) is 8.19. The Kier molecular flexibility index (Phi) is 5.17. The molecule has 0 heterocycles. The molecule has 0 saturated carbocycles. The van der Waals surface area contributed by atoms with Gasteiger partial charge in [-0.3, -0.25) is 0 Å². The van der Waals surface area contributed by atoms with Crippen LogP contribution in [0.4, 0.5) is 0 Å². The molecule has 0 spiro atoms. The molecule has 0 radical (unpaired) electrons. The summed E-state index contributed by atoms with van der Waals surface area (Å²) in [7, 11) is 0. The summed E-state index contributed by atoms with van der Waals surface area (Å²) in [4.78, 5) is 0. The number of nitrogens with two attached hydrogens (primary N) is 1. The second-order valence-corrected chi connectivity index (χ2v) is 5.43. The van der Waals surface area contributed by atoms with Crippen LogP contribution < -0.4 is 10.5 Å². The molecule has 2 aromatic rings. The van der Waals surface area contributed by atoms with Crippen molar-refractivity contribution in [1.29, 1.82) is 0 Å². The van der Waals surface area contributed by atoms with Gasteiger partial charge in [0.05, 0.1) is 16.7 Å². The highest BCUT2D eigenvalue weighted by Gasteiger charge is 2.11. The Hall–Kier alpha value is -0.930. The highest BCUT2D eigenvalue weighted by molar-refractivity contribution is 6.36. The van der Waals surface area contributed by atoms with Crippen LogP contribution in [0.1, 0.15) is 12.5 Å². The first-order chi connectivity index (χ1) is 9.56. The van der Waals surface area contributed by atoms with Gasteiger partial charge in [-0.15, -0.1) is 0 Å². The normalized spacial score (nSPS) is 10.7. The SMILES string of the molecule is CCOc1cc(Cl)c(-c2ccc(CN)c(Cl)c2)cc1Cl. The van der Waals surface area contributed by atoms with Crippen molar-refractivity contribution in [3.05, 3.63) is 51.0 Å². The van der Waals surface area contributed by atoms with Crippen LogP contribution in [0, 0.1) is 0 Å². The molecule has 0 bridgehead atoms. The van der Waals surface area contributed by atoms with Gasteiger partial charge in [-0.05, 0) is 30.2 Å². The molecule has 106 valence electrons. The van der Waals surface area contributed by atoms with E-state index in [2.05, 4.69) is 0 Å². The van der Waals surface area contributed by atoms with E-state index in [1.54, 1.807) is 12.1 Å². The van der Waals surface area contributed by atoms with Crippen molar-refractivity contribution in [2.45, 2.75) is 13.5 Å². The molecule has 0 amide bonds. The first-order valence-corrected chi connectivity index (χ1v) is 7.31. The highest BCUT2D eigenvalue weighted by Crippen LogP contribution is 2.37. The van der Waals surface area contributed by atoms with Gasteiger partial charge in [-0.2, -0.15) is 0 Å². The Morgan fingerprint density at radius 1 is 1.00 bits per heavy atom. The molecule has 2 aromatic carbocycles. The van der Waals surface area contributed by atoms with Crippen LogP contribution in [0.3, 0.4) is 0 Å². The third-order valence-electron chi connectivity index (χ3n) is 2.91. The zero-order valence-electron chi connectivity index (χ0n) is 10.9. The van der Waals surface area contributed by atoms with Crippen molar-refractivity contribution < 1.29 is 4.74 Å². The summed E-state index contributed by atoms with van der Waals surface area (Å²) >= 11 is 18.7. The second-order valence-electron chi connectivity index (χ2n) is 4.21. The van der Waals surface area contributed by atoms with Crippen LogP contribution in [0.25, 0.3) is 11.1 Å². The lowest BCUT2D eigenvalue weighted by Crippen LogP contribution is -1.97. The van der Waals surface area contributed by atoms with E-state index in [4.69, 9.17) is 45.3 Å². The average Bonchev–Trinajstić information content (AvgIpc) is 2.42. The molecule has 0 fully saturated rings. The number of halogens is 3. The minimum Gasteiger partial charge on any atom is -0.492 e. The number of hydrogen-bond acceptors (Lipinski definition) is 2. The van der Waals surface area contributed by atoms with Crippen molar-refractivity contribution in [2.75, 3.05) is 6.61 Å². The number of benzene rings is 2. The van der Waals surface area contributed by atoms with Crippen molar-refractivity contribution in [3.8, 4) is 16.9 Å². The Morgan fingerprint density at radius 3 is 2.35 bits per heavy atom. The maximum Gasteiger partial charge on any atom is 0.139 e. The van der Waals surface area contributed by atoms with Gasteiger partial charge in [-0.25, -0.2) is 0 Å². The summed E-state index contributed by atoms with van der Waals surface area (Å²) in [5, 5.41) is 1.70. The minimum absolute atomic E-state index is 0.400. The lowest BCUT2D eigenvalue weighted by molar-refractivity contribution is 0.340. The van der Waals surface area contributed by atoms with Crippen molar-refractivity contribution in [3.63, 3.8) is 0 Å². The maximum absolute atomic E-state index is 6.29. The summed E-state index contributed by atoms with van der Waals surface area (Å²) < 4.78 is 5.41. The van der Waals surface area contributed by atoms with Crippen LogP contribution in [-0.4, -0.2) is 6.61 Å². The fraction of sp³-hybridized carbons (Fsp3) is 0.200. The van der Waals surface area contributed by atoms with Gasteiger partial charge >= 0.3 is 0 Å². The Labute approximate surface area is 133 Å². The van der Waals surface area contributed by atoms with E-state index >= 15 is 0 Å². The summed E-state index contributed by atoms with van der Waals surface area (Å²) in [5.74, 6) is 0.576. The van der Waals surface area contributed by atoms with Crippen molar-refractivity contribution >= 4 is 34.8 Å². The van der Waals surface area contributed by atoms with E-state index in [0.717, 1.165) is 16.7 Å². The van der Waals surface area contributed by atoms with Crippen LogP contribution in [0.15, 0.2) is 30.3 Å². The largest absolute Gasteiger partial charge is 0.492 e. The van der Waals surface area contributed by atoms with Gasteiger partial charge in [0.2, 0.25) is 0 Å². The molecule has 2 N–H and O–H groups in total. The van der Waals surface area contributed by atoms with E-state index in [-0.39, 0.29) is 0 Å². The molecule has 0 aliphatic carbocycles. The summed E-state index contributed by atoms with van der Waals surface area (Å²) in [6.45, 7) is 2.83. The average molecular weight is 331 g/mol. The Balaban J connectivity index is 2.47. The molecule has 0 saturated heterocycles. The lowest BCUT2D eigenvalue weighted by Gasteiger charge is -2.11. The number of hydrogen-bond donors (Lipinski definition) is 1. The minimum atomic E-state index is 0.400. The van der Waals surface area contributed by atoms with Gasteiger partial charge in [0, 0.05) is 23.2 Å². The molecule has 5 heteroatoms. The predicted molar refractivity (Wildman–Crippen MR) is 86.0 cm³/mol. The number of ether oxygens (including phenoxy) is 1. The molecule has 0 unspecified atom stereocenters. The fourth-order valence-electron chi connectivity index (χ4n) is 1.90. The topological polar surface area (TPSA) is 35.2 Å². The first-order valence-electron chi connectivity index (χ1n) is 6.17. The molecule has 2 rings (SSSR count). The fourth-order valence-corrected chi connectivity index (χ4v) is 2.63. The van der Waals surface area contributed by atoms with Crippen LogP contribution in [0.2, 0.25) is 15.1 Å². The third kappa shape index (κ3) is 3.21. The second kappa shape index (κ2) is 6.68. The quantitative estimate of drug-likeness (QED) is 0.839. The van der Waals surface area contributed by atoms with E-state index < -0.39 is 0 Å². The molecule has 20 heavy (non-hydrogen) atoms. The maximum atomic E-state index is 6.29. The monoisotopic (exact) mass is 329 g/mol. The van der Waals surface area contributed by atoms with Gasteiger partial charge in [0.25, 0.3) is 0 Å². The summed E-state index contributed by atoms with van der Waals surface area (Å²) in [6, 6.07) is 9.14. The van der Waals surface area contributed by atoms with Crippen LogP contribution >= 0.6 is 34.8 Å². The van der Waals surface area contributed by atoms with Crippen LogP contribution in [0.5, 0.6) is 5.75 Å². The zero-order chi connectivity index (χ0) is 14.7. The predicted octanol–water partition coefficient (Wildman–Crippen LogP) is 5.17. The Morgan fingerprint density at radius 2 is 1.75 bits per heavy atom. The van der Waals surface area contributed by atoms with Crippen molar-refractivity contribution in [1.82, 2.24) is 0 Å². The number of rotatable bonds is 4. The zero-order valence-corrected chi connectivity index (χ0v) is 13.2. The van der Waals surface area contributed by atoms with Gasteiger partial charge in [0.1, 0.15) is 5.75 Å². The van der Waals surface area contributed by atoms with E-state index in [0.29, 0.717) is 34.0 Å². The molecule has 0 atom stereocenters. The van der Waals surface area contributed by atoms with Crippen LogP contribution in [-0.2, 0) is 6.54 Å². The molecule has 0 aliphatic heterocycles. The van der Waals surface area contributed by atoms with Gasteiger partial charge in [-0.1, -0.05) is 46.9 Å². The van der Waals surface area contributed by atoms with E-state index in [9.17, 15) is 0 Å². The first kappa shape index (κ1) is 15.5. The molecular formula is C15H14Cl3NO. The summed E-state index contributed by atoms with van der Waals surface area (Å²) in [6.07, 6.45) is 0.